The molecule has 0 bridgehead atoms. The standard InChI is InChI=1S/C19H20O6/c1-11-5-2-3-8-14(11)16(21)12-6-4-7-13(9-12)25-19-18(23)17(22)15(20)10-24-19/h2-9,15,17-20,22-23H,10H2,1H3/t15-,17+,18-,19+/m1/s1. The van der Waals surface area contributed by atoms with Gasteiger partial charge in [-0.2, -0.15) is 0 Å². The van der Waals surface area contributed by atoms with Crippen LogP contribution in [0.15, 0.2) is 48.5 Å². The number of rotatable bonds is 4. The lowest BCUT2D eigenvalue weighted by Crippen LogP contribution is -2.54. The molecule has 1 saturated heterocycles. The number of hydrogen-bond acceptors (Lipinski definition) is 6. The highest BCUT2D eigenvalue weighted by atomic mass is 16.7. The van der Waals surface area contributed by atoms with Crippen LogP contribution in [0.2, 0.25) is 0 Å². The maximum atomic E-state index is 12.7. The van der Waals surface area contributed by atoms with Crippen molar-refractivity contribution >= 4 is 5.78 Å². The molecule has 132 valence electrons. The quantitative estimate of drug-likeness (QED) is 0.718. The lowest BCUT2D eigenvalue weighted by Gasteiger charge is -2.34. The van der Waals surface area contributed by atoms with Gasteiger partial charge >= 0.3 is 0 Å². The molecule has 2 aromatic carbocycles. The molecule has 0 spiro atoms. The lowest BCUT2D eigenvalue weighted by atomic mass is 9.99. The molecule has 0 amide bonds. The Kier molecular flexibility index (Phi) is 5.15. The fraction of sp³-hybridized carbons (Fsp3) is 0.316. The highest BCUT2D eigenvalue weighted by Crippen LogP contribution is 2.23. The predicted octanol–water partition coefficient (Wildman–Crippen LogP) is 1.04. The molecule has 1 fully saturated rings. The van der Waals surface area contributed by atoms with Crippen LogP contribution in [-0.4, -0.2) is 52.3 Å². The Balaban J connectivity index is 1.78. The summed E-state index contributed by atoms with van der Waals surface area (Å²) in [6.45, 7) is 1.72. The Morgan fingerprint density at radius 1 is 1.08 bits per heavy atom. The van der Waals surface area contributed by atoms with E-state index in [0.29, 0.717) is 16.9 Å². The normalized spacial score (nSPS) is 26.2. The third kappa shape index (κ3) is 3.72. The van der Waals surface area contributed by atoms with Gasteiger partial charge in [0.25, 0.3) is 0 Å². The zero-order valence-corrected chi connectivity index (χ0v) is 13.7. The maximum absolute atomic E-state index is 12.7. The van der Waals surface area contributed by atoms with Gasteiger partial charge in [0.15, 0.2) is 5.78 Å². The Hall–Kier alpha value is -2.25. The molecule has 25 heavy (non-hydrogen) atoms. The number of aryl methyl sites for hydroxylation is 1. The van der Waals surface area contributed by atoms with Gasteiger partial charge in [-0.15, -0.1) is 0 Å². The molecule has 1 heterocycles. The van der Waals surface area contributed by atoms with Crippen LogP contribution in [-0.2, 0) is 4.74 Å². The Bertz CT molecular complexity index is 759. The zero-order chi connectivity index (χ0) is 18.0. The van der Waals surface area contributed by atoms with Crippen molar-refractivity contribution in [3.8, 4) is 5.75 Å². The summed E-state index contributed by atoms with van der Waals surface area (Å²) in [4.78, 5) is 12.7. The molecule has 4 atom stereocenters. The summed E-state index contributed by atoms with van der Waals surface area (Å²) >= 11 is 0. The molecular formula is C19H20O6. The summed E-state index contributed by atoms with van der Waals surface area (Å²) < 4.78 is 10.8. The van der Waals surface area contributed by atoms with E-state index in [1.54, 1.807) is 36.4 Å². The topological polar surface area (TPSA) is 96.2 Å². The van der Waals surface area contributed by atoms with Crippen LogP contribution in [0.1, 0.15) is 21.5 Å². The fourth-order valence-corrected chi connectivity index (χ4v) is 2.71. The number of carbonyl (C=O) groups excluding carboxylic acids is 1. The van der Waals surface area contributed by atoms with Crippen LogP contribution in [0.4, 0.5) is 0 Å². The van der Waals surface area contributed by atoms with Gasteiger partial charge in [-0.25, -0.2) is 0 Å². The molecule has 0 aromatic heterocycles. The lowest BCUT2D eigenvalue weighted by molar-refractivity contribution is -0.242. The number of ketones is 1. The van der Waals surface area contributed by atoms with Gasteiger partial charge in [0.1, 0.15) is 24.1 Å². The second-order valence-electron chi connectivity index (χ2n) is 6.04. The number of benzene rings is 2. The van der Waals surface area contributed by atoms with Gasteiger partial charge in [-0.3, -0.25) is 4.79 Å². The van der Waals surface area contributed by atoms with E-state index in [1.807, 2.05) is 19.1 Å². The fourth-order valence-electron chi connectivity index (χ4n) is 2.71. The molecule has 2 aromatic rings. The van der Waals surface area contributed by atoms with E-state index >= 15 is 0 Å². The van der Waals surface area contributed by atoms with E-state index in [2.05, 4.69) is 0 Å². The average molecular weight is 344 g/mol. The van der Waals surface area contributed by atoms with E-state index in [-0.39, 0.29) is 12.4 Å². The minimum absolute atomic E-state index is 0.135. The number of aliphatic hydroxyl groups excluding tert-OH is 3. The zero-order valence-electron chi connectivity index (χ0n) is 13.7. The minimum Gasteiger partial charge on any atom is -0.462 e. The van der Waals surface area contributed by atoms with Crippen molar-refractivity contribution in [1.29, 1.82) is 0 Å². The number of ether oxygens (including phenoxy) is 2. The van der Waals surface area contributed by atoms with Gasteiger partial charge < -0.3 is 24.8 Å². The molecule has 0 radical (unpaired) electrons. The first kappa shape index (κ1) is 17.6. The molecule has 0 saturated carbocycles. The number of hydrogen-bond donors (Lipinski definition) is 3. The van der Waals surface area contributed by atoms with Gasteiger partial charge in [-0.05, 0) is 24.6 Å². The first-order chi connectivity index (χ1) is 12.0. The molecule has 3 N–H and O–H groups in total. The van der Waals surface area contributed by atoms with Crippen molar-refractivity contribution in [3.63, 3.8) is 0 Å². The molecule has 0 aliphatic carbocycles. The van der Waals surface area contributed by atoms with Crippen molar-refractivity contribution in [3.05, 3.63) is 65.2 Å². The maximum Gasteiger partial charge on any atom is 0.228 e. The Morgan fingerprint density at radius 3 is 2.60 bits per heavy atom. The first-order valence-electron chi connectivity index (χ1n) is 8.00. The van der Waals surface area contributed by atoms with Crippen LogP contribution >= 0.6 is 0 Å². The van der Waals surface area contributed by atoms with Gasteiger partial charge in [0, 0.05) is 11.1 Å². The van der Waals surface area contributed by atoms with E-state index in [9.17, 15) is 20.1 Å². The molecule has 6 nitrogen and oxygen atoms in total. The van der Waals surface area contributed by atoms with Crippen molar-refractivity contribution in [2.24, 2.45) is 0 Å². The third-order valence-corrected chi connectivity index (χ3v) is 4.19. The Morgan fingerprint density at radius 2 is 1.84 bits per heavy atom. The second-order valence-corrected chi connectivity index (χ2v) is 6.04. The molecule has 1 aliphatic heterocycles. The SMILES string of the molecule is Cc1ccccc1C(=O)c1cccc(O[C@@H]2OC[C@@H](O)[C@H](O)[C@H]2O)c1. The van der Waals surface area contributed by atoms with E-state index < -0.39 is 24.6 Å². The molecular weight excluding hydrogens is 324 g/mol. The van der Waals surface area contributed by atoms with Crippen molar-refractivity contribution in [1.82, 2.24) is 0 Å². The highest BCUT2D eigenvalue weighted by Gasteiger charge is 2.39. The molecule has 0 unspecified atom stereocenters. The van der Waals surface area contributed by atoms with Gasteiger partial charge in [0.2, 0.25) is 6.29 Å². The Labute approximate surface area is 145 Å². The minimum atomic E-state index is -1.39. The predicted molar refractivity (Wildman–Crippen MR) is 89.4 cm³/mol. The monoisotopic (exact) mass is 344 g/mol. The van der Waals surface area contributed by atoms with E-state index in [4.69, 9.17) is 9.47 Å². The number of carbonyl (C=O) groups is 1. The summed E-state index contributed by atoms with van der Waals surface area (Å²) in [7, 11) is 0. The van der Waals surface area contributed by atoms with Crippen LogP contribution in [0.3, 0.4) is 0 Å². The summed E-state index contributed by atoms with van der Waals surface area (Å²) in [6.07, 6.45) is -5.03. The molecule has 1 aliphatic rings. The second kappa shape index (κ2) is 7.33. The third-order valence-electron chi connectivity index (χ3n) is 4.19. The van der Waals surface area contributed by atoms with Crippen LogP contribution in [0, 0.1) is 6.92 Å². The van der Waals surface area contributed by atoms with Crippen molar-refractivity contribution in [2.45, 2.75) is 31.5 Å². The van der Waals surface area contributed by atoms with Crippen LogP contribution in [0.25, 0.3) is 0 Å². The van der Waals surface area contributed by atoms with Crippen LogP contribution < -0.4 is 4.74 Å². The first-order valence-corrected chi connectivity index (χ1v) is 8.00. The highest BCUT2D eigenvalue weighted by molar-refractivity contribution is 6.10. The average Bonchev–Trinajstić information content (AvgIpc) is 2.62. The van der Waals surface area contributed by atoms with Crippen molar-refractivity contribution in [2.75, 3.05) is 6.61 Å². The van der Waals surface area contributed by atoms with E-state index in [1.165, 1.54) is 0 Å². The largest absolute Gasteiger partial charge is 0.462 e. The van der Waals surface area contributed by atoms with Gasteiger partial charge in [0.05, 0.1) is 6.61 Å². The molecule has 6 heteroatoms. The number of aliphatic hydroxyl groups is 3. The molecule has 3 rings (SSSR count). The summed E-state index contributed by atoms with van der Waals surface area (Å²) in [5.74, 6) is 0.191. The van der Waals surface area contributed by atoms with E-state index in [0.717, 1.165) is 5.56 Å². The summed E-state index contributed by atoms with van der Waals surface area (Å²) in [5, 5.41) is 29.1. The van der Waals surface area contributed by atoms with Gasteiger partial charge in [-0.1, -0.05) is 36.4 Å². The van der Waals surface area contributed by atoms with Crippen LogP contribution in [0.5, 0.6) is 5.75 Å². The summed E-state index contributed by atoms with van der Waals surface area (Å²) in [5.41, 5.74) is 1.92. The smallest absolute Gasteiger partial charge is 0.228 e. The summed E-state index contributed by atoms with van der Waals surface area (Å²) in [6, 6.07) is 13.8. The van der Waals surface area contributed by atoms with Crippen molar-refractivity contribution < 1.29 is 29.6 Å².